The SMILES string of the molecule is COc1cc(B2OC(C)(C)C(C)(C)O2)c(OC)cc1Cl. The number of benzene rings is 1. The van der Waals surface area contributed by atoms with Gasteiger partial charge in [0.15, 0.2) is 0 Å². The van der Waals surface area contributed by atoms with E-state index in [4.69, 9.17) is 30.4 Å². The van der Waals surface area contributed by atoms with Gasteiger partial charge in [-0.15, -0.1) is 0 Å². The van der Waals surface area contributed by atoms with Crippen molar-refractivity contribution in [1.82, 2.24) is 0 Å². The molecular weight excluding hydrogens is 278 g/mol. The first-order chi connectivity index (χ1) is 9.21. The largest absolute Gasteiger partial charge is 0.498 e. The monoisotopic (exact) mass is 298 g/mol. The number of halogens is 1. The van der Waals surface area contributed by atoms with Gasteiger partial charge in [-0.25, -0.2) is 0 Å². The van der Waals surface area contributed by atoms with Gasteiger partial charge in [-0.3, -0.25) is 0 Å². The van der Waals surface area contributed by atoms with Crippen LogP contribution in [-0.4, -0.2) is 32.5 Å². The molecule has 20 heavy (non-hydrogen) atoms. The van der Waals surface area contributed by atoms with Crippen LogP contribution in [0.4, 0.5) is 0 Å². The molecule has 0 spiro atoms. The number of hydrogen-bond acceptors (Lipinski definition) is 4. The van der Waals surface area contributed by atoms with E-state index < -0.39 is 18.3 Å². The van der Waals surface area contributed by atoms with Gasteiger partial charge in [-0.2, -0.15) is 0 Å². The Hall–Kier alpha value is -0.905. The molecule has 1 heterocycles. The Labute approximate surface area is 125 Å². The van der Waals surface area contributed by atoms with Gasteiger partial charge in [0.2, 0.25) is 0 Å². The van der Waals surface area contributed by atoms with E-state index in [1.807, 2.05) is 27.7 Å². The molecular formula is C14H20BClO4. The summed E-state index contributed by atoms with van der Waals surface area (Å²) >= 11 is 6.11. The molecule has 0 radical (unpaired) electrons. The van der Waals surface area contributed by atoms with Crippen LogP contribution in [0.15, 0.2) is 12.1 Å². The zero-order valence-electron chi connectivity index (χ0n) is 12.7. The highest BCUT2D eigenvalue weighted by Gasteiger charge is 2.52. The molecule has 0 saturated carbocycles. The fraction of sp³-hybridized carbons (Fsp3) is 0.571. The van der Waals surface area contributed by atoms with E-state index in [1.54, 1.807) is 26.4 Å². The molecule has 1 saturated heterocycles. The zero-order valence-corrected chi connectivity index (χ0v) is 13.5. The molecule has 4 nitrogen and oxygen atoms in total. The van der Waals surface area contributed by atoms with Crippen molar-refractivity contribution in [3.05, 3.63) is 17.2 Å². The molecule has 1 aromatic carbocycles. The topological polar surface area (TPSA) is 36.9 Å². The van der Waals surface area contributed by atoms with Crippen LogP contribution in [0, 0.1) is 0 Å². The summed E-state index contributed by atoms with van der Waals surface area (Å²) in [6.07, 6.45) is 0. The van der Waals surface area contributed by atoms with Crippen molar-refractivity contribution in [3.8, 4) is 11.5 Å². The first-order valence-electron chi connectivity index (χ1n) is 6.49. The minimum absolute atomic E-state index is 0.407. The standard InChI is InChI=1S/C14H20BClO4/c1-13(2)14(3,4)20-15(19-13)9-7-12(18-6)10(16)8-11(9)17-5/h7-8H,1-6H3. The molecule has 1 aliphatic heterocycles. The molecule has 0 unspecified atom stereocenters. The zero-order chi connectivity index (χ0) is 15.1. The molecule has 6 heteroatoms. The molecule has 1 aliphatic rings. The summed E-state index contributed by atoms with van der Waals surface area (Å²) < 4.78 is 22.7. The maximum absolute atomic E-state index is 6.11. The van der Waals surface area contributed by atoms with Crippen LogP contribution in [0.1, 0.15) is 27.7 Å². The summed E-state index contributed by atoms with van der Waals surface area (Å²) in [7, 11) is 2.65. The molecule has 1 fully saturated rings. The quantitative estimate of drug-likeness (QED) is 0.804. The molecule has 110 valence electrons. The average Bonchev–Trinajstić information content (AvgIpc) is 2.57. The van der Waals surface area contributed by atoms with Gasteiger partial charge in [0.1, 0.15) is 11.5 Å². The minimum atomic E-state index is -0.513. The number of hydrogen-bond donors (Lipinski definition) is 0. The molecule has 2 rings (SSSR count). The molecule has 0 aliphatic carbocycles. The fourth-order valence-corrected chi connectivity index (χ4v) is 2.27. The van der Waals surface area contributed by atoms with Gasteiger partial charge in [0.05, 0.1) is 30.4 Å². The lowest BCUT2D eigenvalue weighted by atomic mass is 9.78. The maximum Gasteiger partial charge on any atom is 0.498 e. The van der Waals surface area contributed by atoms with Crippen LogP contribution >= 0.6 is 11.6 Å². The molecule has 0 N–H and O–H groups in total. The third-order valence-corrected chi connectivity index (χ3v) is 4.31. The normalized spacial score (nSPS) is 20.1. The van der Waals surface area contributed by atoms with Crippen LogP contribution in [0.2, 0.25) is 5.02 Å². The van der Waals surface area contributed by atoms with Gasteiger partial charge in [-0.1, -0.05) is 11.6 Å². The Kier molecular flexibility index (Phi) is 3.97. The molecule has 0 atom stereocenters. The van der Waals surface area contributed by atoms with Crippen molar-refractivity contribution < 1.29 is 18.8 Å². The highest BCUT2D eigenvalue weighted by atomic mass is 35.5. The van der Waals surface area contributed by atoms with Crippen molar-refractivity contribution in [2.45, 2.75) is 38.9 Å². The van der Waals surface area contributed by atoms with E-state index >= 15 is 0 Å². The number of rotatable bonds is 3. The van der Waals surface area contributed by atoms with Crippen LogP contribution < -0.4 is 14.9 Å². The highest BCUT2D eigenvalue weighted by molar-refractivity contribution is 6.63. The second-order valence-corrected chi connectivity index (χ2v) is 6.22. The average molecular weight is 299 g/mol. The van der Waals surface area contributed by atoms with Crippen LogP contribution in [-0.2, 0) is 9.31 Å². The van der Waals surface area contributed by atoms with Crippen molar-refractivity contribution in [1.29, 1.82) is 0 Å². The first-order valence-corrected chi connectivity index (χ1v) is 6.86. The van der Waals surface area contributed by atoms with Gasteiger partial charge < -0.3 is 18.8 Å². The van der Waals surface area contributed by atoms with Crippen molar-refractivity contribution in [2.24, 2.45) is 0 Å². The Morgan fingerprint density at radius 1 is 0.950 bits per heavy atom. The van der Waals surface area contributed by atoms with Gasteiger partial charge >= 0.3 is 7.12 Å². The van der Waals surface area contributed by atoms with E-state index in [-0.39, 0.29) is 0 Å². The third-order valence-electron chi connectivity index (χ3n) is 4.01. The van der Waals surface area contributed by atoms with Crippen molar-refractivity contribution in [2.75, 3.05) is 14.2 Å². The molecule has 0 bridgehead atoms. The maximum atomic E-state index is 6.11. The Morgan fingerprint density at radius 3 is 1.90 bits per heavy atom. The van der Waals surface area contributed by atoms with Gasteiger partial charge in [0, 0.05) is 11.5 Å². The number of ether oxygens (including phenoxy) is 2. The number of methoxy groups -OCH3 is 2. The van der Waals surface area contributed by atoms with Crippen LogP contribution in [0.25, 0.3) is 0 Å². The summed E-state index contributed by atoms with van der Waals surface area (Å²) in [6, 6.07) is 3.50. The van der Waals surface area contributed by atoms with Crippen molar-refractivity contribution >= 4 is 24.2 Å². The van der Waals surface area contributed by atoms with Gasteiger partial charge in [-0.05, 0) is 33.8 Å². The predicted molar refractivity (Wildman–Crippen MR) is 80.3 cm³/mol. The third kappa shape index (κ3) is 2.50. The lowest BCUT2D eigenvalue weighted by molar-refractivity contribution is 0.00578. The highest BCUT2D eigenvalue weighted by Crippen LogP contribution is 2.38. The fourth-order valence-electron chi connectivity index (χ4n) is 2.04. The second kappa shape index (κ2) is 5.13. The van der Waals surface area contributed by atoms with Crippen LogP contribution in [0.5, 0.6) is 11.5 Å². The smallest absolute Gasteiger partial charge is 0.497 e. The van der Waals surface area contributed by atoms with Crippen LogP contribution in [0.3, 0.4) is 0 Å². The first kappa shape index (κ1) is 15.5. The lowest BCUT2D eigenvalue weighted by Gasteiger charge is -2.32. The molecule has 0 aromatic heterocycles. The Bertz CT molecular complexity index is 500. The summed E-state index contributed by atoms with van der Waals surface area (Å²) in [6.45, 7) is 8.03. The lowest BCUT2D eigenvalue weighted by Crippen LogP contribution is -2.41. The van der Waals surface area contributed by atoms with Crippen molar-refractivity contribution in [3.63, 3.8) is 0 Å². The van der Waals surface area contributed by atoms with E-state index in [1.165, 1.54) is 0 Å². The van der Waals surface area contributed by atoms with E-state index in [9.17, 15) is 0 Å². The minimum Gasteiger partial charge on any atom is -0.497 e. The second-order valence-electron chi connectivity index (χ2n) is 5.82. The van der Waals surface area contributed by atoms with E-state index in [0.717, 1.165) is 5.46 Å². The molecule has 0 amide bonds. The molecule has 1 aromatic rings. The summed E-state index contributed by atoms with van der Waals surface area (Å²) in [5, 5.41) is 0.490. The van der Waals surface area contributed by atoms with E-state index in [2.05, 4.69) is 0 Å². The summed E-state index contributed by atoms with van der Waals surface area (Å²) in [4.78, 5) is 0. The van der Waals surface area contributed by atoms with E-state index in [0.29, 0.717) is 16.5 Å². The summed E-state index contributed by atoms with van der Waals surface area (Å²) in [5.41, 5.74) is -0.0436. The Morgan fingerprint density at radius 2 is 1.45 bits per heavy atom. The summed E-state index contributed by atoms with van der Waals surface area (Å²) in [5.74, 6) is 1.19. The van der Waals surface area contributed by atoms with Gasteiger partial charge in [0.25, 0.3) is 0 Å². The predicted octanol–water partition coefficient (Wildman–Crippen LogP) is 2.66. The Balaban J connectivity index is 2.43.